The first kappa shape index (κ1) is 30.6. The predicted octanol–water partition coefficient (Wildman–Crippen LogP) is 6.26. The van der Waals surface area contributed by atoms with Crippen molar-refractivity contribution < 1.29 is 36.9 Å². The normalized spacial score (nSPS) is 25.2. The van der Waals surface area contributed by atoms with E-state index in [1.165, 1.54) is 19.1 Å². The molecule has 1 amide bonds. The van der Waals surface area contributed by atoms with E-state index in [0.717, 1.165) is 17.2 Å². The Morgan fingerprint density at radius 2 is 1.86 bits per heavy atom. The van der Waals surface area contributed by atoms with Crippen LogP contribution in [-0.2, 0) is 21.6 Å². The van der Waals surface area contributed by atoms with Crippen molar-refractivity contribution in [3.8, 4) is 0 Å². The monoisotopic (exact) mass is 624 g/mol. The molecule has 2 heterocycles. The van der Waals surface area contributed by atoms with E-state index in [-0.39, 0.29) is 18.2 Å². The van der Waals surface area contributed by atoms with E-state index in [1.54, 1.807) is 19.1 Å². The van der Waals surface area contributed by atoms with Crippen molar-refractivity contribution in [2.24, 2.45) is 10.6 Å². The number of hydrogen-bond donors (Lipinski definition) is 2. The summed E-state index contributed by atoms with van der Waals surface area (Å²) in [6, 6.07) is 10.1. The van der Waals surface area contributed by atoms with Crippen LogP contribution in [0.25, 0.3) is 0 Å². The van der Waals surface area contributed by atoms with E-state index in [4.69, 9.17) is 32.7 Å². The lowest BCUT2D eigenvalue weighted by atomic mass is 9.66. The summed E-state index contributed by atoms with van der Waals surface area (Å²) in [5.74, 6) is -1.35. The van der Waals surface area contributed by atoms with Gasteiger partial charge in [0, 0.05) is 23.9 Å². The zero-order valence-corrected chi connectivity index (χ0v) is 24.6. The SMILES string of the molecule is Cc1cc(C2=NO[C@](C(F)(F)F)(C3(C)C=C(Cl)C(F)=C(Cl)C3)C2)ccc1C(=O)NCc1ccc2c(c1)B(O)OC2(C)C. The second-order valence-corrected chi connectivity index (χ2v) is 12.4. The van der Waals surface area contributed by atoms with Gasteiger partial charge in [-0.15, -0.1) is 0 Å². The number of halogens is 6. The molecule has 2 aliphatic heterocycles. The third-order valence-corrected chi connectivity index (χ3v) is 8.79. The number of benzene rings is 2. The van der Waals surface area contributed by atoms with E-state index in [1.807, 2.05) is 26.0 Å². The van der Waals surface area contributed by atoms with Crippen molar-refractivity contribution in [1.82, 2.24) is 5.32 Å². The van der Waals surface area contributed by atoms with Crippen LogP contribution >= 0.6 is 23.2 Å². The van der Waals surface area contributed by atoms with Crippen LogP contribution in [0.1, 0.15) is 66.2 Å². The topological polar surface area (TPSA) is 80.2 Å². The Morgan fingerprint density at radius 3 is 2.50 bits per heavy atom. The molecule has 0 fully saturated rings. The molecule has 13 heteroatoms. The molecule has 2 atom stereocenters. The number of fused-ring (bicyclic) bond motifs is 1. The number of alkyl halides is 3. The average Bonchev–Trinajstić information content (AvgIpc) is 3.46. The van der Waals surface area contributed by atoms with E-state index in [9.17, 15) is 27.4 Å². The second-order valence-electron chi connectivity index (χ2n) is 11.6. The molecule has 2 N–H and O–H groups in total. The molecule has 0 aromatic heterocycles. The first-order valence-electron chi connectivity index (χ1n) is 13.1. The van der Waals surface area contributed by atoms with Gasteiger partial charge in [-0.25, -0.2) is 4.39 Å². The van der Waals surface area contributed by atoms with E-state index < -0.39 is 58.6 Å². The second kappa shape index (κ2) is 10.4. The first-order chi connectivity index (χ1) is 19.5. The standard InChI is InChI=1S/C29H27BCl2F4N2O4/c1-15-9-17(23-13-28(42-38-23,29(34,35)36)27(4)11-21(31)24(33)22(32)12-27)6-7-18(15)25(39)37-14-16-5-8-19-20(10-16)30(40)41-26(19,2)3/h5-11,40H,12-14H2,1-4H3,(H,37,39)/t27?,28-/m0/s1. The van der Waals surface area contributed by atoms with Crippen LogP contribution in [0.5, 0.6) is 0 Å². The maximum Gasteiger partial charge on any atom is 0.492 e. The summed E-state index contributed by atoms with van der Waals surface area (Å²) in [4.78, 5) is 18.1. The smallest absolute Gasteiger partial charge is 0.423 e. The highest BCUT2D eigenvalue weighted by atomic mass is 35.5. The van der Waals surface area contributed by atoms with Crippen LogP contribution in [0.2, 0.25) is 0 Å². The van der Waals surface area contributed by atoms with Gasteiger partial charge in [-0.2, -0.15) is 13.2 Å². The molecule has 0 saturated heterocycles. The molecule has 0 spiro atoms. The molecule has 222 valence electrons. The summed E-state index contributed by atoms with van der Waals surface area (Å²) in [6.07, 6.45) is -5.08. The number of rotatable bonds is 5. The molecule has 3 aliphatic rings. The quantitative estimate of drug-likeness (QED) is 0.304. The minimum atomic E-state index is -4.91. The Kier molecular flexibility index (Phi) is 7.58. The van der Waals surface area contributed by atoms with E-state index in [0.29, 0.717) is 22.2 Å². The average molecular weight is 625 g/mol. The van der Waals surface area contributed by atoms with Gasteiger partial charge in [0.05, 0.1) is 21.4 Å². The maximum absolute atomic E-state index is 14.6. The lowest BCUT2D eigenvalue weighted by Gasteiger charge is -2.44. The van der Waals surface area contributed by atoms with Crippen molar-refractivity contribution in [1.29, 1.82) is 0 Å². The van der Waals surface area contributed by atoms with Gasteiger partial charge in [-0.1, -0.05) is 65.6 Å². The van der Waals surface area contributed by atoms with Gasteiger partial charge in [0.1, 0.15) is 0 Å². The minimum Gasteiger partial charge on any atom is -0.423 e. The van der Waals surface area contributed by atoms with E-state index in [2.05, 4.69) is 10.5 Å². The summed E-state index contributed by atoms with van der Waals surface area (Å²) in [5.41, 5.74) is -1.84. The van der Waals surface area contributed by atoms with Crippen LogP contribution in [-0.4, -0.2) is 35.5 Å². The lowest BCUT2D eigenvalue weighted by Crippen LogP contribution is -2.57. The van der Waals surface area contributed by atoms with Crippen LogP contribution in [0.3, 0.4) is 0 Å². The molecule has 1 unspecified atom stereocenters. The predicted molar refractivity (Wildman–Crippen MR) is 152 cm³/mol. The van der Waals surface area contributed by atoms with Gasteiger partial charge >= 0.3 is 13.3 Å². The van der Waals surface area contributed by atoms with Gasteiger partial charge in [0.25, 0.3) is 5.91 Å². The van der Waals surface area contributed by atoms with Gasteiger partial charge < -0.3 is 19.8 Å². The summed E-state index contributed by atoms with van der Waals surface area (Å²) in [7, 11) is -1.05. The molecule has 5 rings (SSSR count). The number of hydrogen-bond acceptors (Lipinski definition) is 5. The molecular weight excluding hydrogens is 598 g/mol. The summed E-state index contributed by atoms with van der Waals surface area (Å²) < 4.78 is 63.5. The minimum absolute atomic E-state index is 0.0149. The Bertz CT molecular complexity index is 1580. The number of aryl methyl sites for hydroxylation is 1. The fourth-order valence-corrected chi connectivity index (χ4v) is 6.59. The Balaban J connectivity index is 1.32. The Morgan fingerprint density at radius 1 is 1.14 bits per heavy atom. The summed E-state index contributed by atoms with van der Waals surface area (Å²) >= 11 is 11.8. The van der Waals surface area contributed by atoms with E-state index >= 15 is 0 Å². The van der Waals surface area contributed by atoms with Crippen LogP contribution in [0, 0.1) is 12.3 Å². The zero-order valence-electron chi connectivity index (χ0n) is 23.1. The third kappa shape index (κ3) is 5.04. The zero-order chi connectivity index (χ0) is 30.8. The number of nitrogens with zero attached hydrogens (tertiary/aromatic N) is 1. The molecule has 6 nitrogen and oxygen atoms in total. The third-order valence-electron chi connectivity index (χ3n) is 8.22. The molecule has 2 aromatic carbocycles. The van der Waals surface area contributed by atoms with Gasteiger partial charge in [-0.05, 0) is 67.0 Å². The van der Waals surface area contributed by atoms with Crippen LogP contribution in [0.4, 0.5) is 17.6 Å². The highest BCUT2D eigenvalue weighted by Gasteiger charge is 2.70. The van der Waals surface area contributed by atoms with Crippen molar-refractivity contribution >= 4 is 47.4 Å². The Hall–Kier alpha value is -2.86. The number of amides is 1. The first-order valence-corrected chi connectivity index (χ1v) is 13.9. The highest BCUT2D eigenvalue weighted by Crippen LogP contribution is 2.58. The van der Waals surface area contributed by atoms with Crippen molar-refractivity contribution in [2.75, 3.05) is 0 Å². The molecule has 0 bridgehead atoms. The van der Waals surface area contributed by atoms with Gasteiger partial charge in [0.2, 0.25) is 5.60 Å². The summed E-state index contributed by atoms with van der Waals surface area (Å²) in [6.45, 7) is 6.82. The van der Waals surface area contributed by atoms with Crippen LogP contribution < -0.4 is 10.8 Å². The van der Waals surface area contributed by atoms with Gasteiger partial charge in [-0.3, -0.25) is 4.79 Å². The number of nitrogens with one attached hydrogen (secondary N) is 1. The fourth-order valence-electron chi connectivity index (χ4n) is 5.81. The number of carbonyl (C=O) groups excluding carboxylic acids is 1. The molecule has 1 aliphatic carbocycles. The van der Waals surface area contributed by atoms with Crippen molar-refractivity contribution in [3.63, 3.8) is 0 Å². The summed E-state index contributed by atoms with van der Waals surface area (Å²) in [5, 5.41) is 15.9. The molecule has 0 radical (unpaired) electrons. The lowest BCUT2D eigenvalue weighted by molar-refractivity contribution is -0.300. The van der Waals surface area contributed by atoms with Crippen molar-refractivity contribution in [2.45, 2.75) is 64.5 Å². The maximum atomic E-state index is 14.6. The highest BCUT2D eigenvalue weighted by molar-refractivity contribution is 6.62. The molecule has 0 saturated carbocycles. The number of allylic oxidation sites excluding steroid dienone is 3. The molecule has 42 heavy (non-hydrogen) atoms. The van der Waals surface area contributed by atoms with Crippen molar-refractivity contribution in [3.05, 3.63) is 86.2 Å². The fraction of sp³-hybridized carbons (Fsp3) is 0.379. The van der Waals surface area contributed by atoms with Gasteiger partial charge in [0.15, 0.2) is 5.83 Å². The number of carbonyl (C=O) groups is 1. The van der Waals surface area contributed by atoms with Crippen LogP contribution in [0.15, 0.2) is 63.5 Å². The Labute approximate surface area is 250 Å². The molecule has 2 aromatic rings. The molecular formula is C29H27BCl2F4N2O4. The largest absolute Gasteiger partial charge is 0.492 e. The number of oxime groups is 1.